The third-order valence-corrected chi connectivity index (χ3v) is 3.78. The molecule has 0 radical (unpaired) electrons. The van der Waals surface area contributed by atoms with Gasteiger partial charge < -0.3 is 9.88 Å². The second kappa shape index (κ2) is 5.83. The number of hydrogen-bond donors (Lipinski definition) is 1. The molecule has 0 aliphatic carbocycles. The van der Waals surface area contributed by atoms with E-state index in [2.05, 4.69) is 15.3 Å². The smallest absolute Gasteiger partial charge is 0.275 e. The molecule has 0 aliphatic heterocycles. The molecular formula is C16H18FN5O. The number of hydrogen-bond acceptors (Lipinski definition) is 3. The molecule has 1 N–H and O–H groups in total. The van der Waals surface area contributed by atoms with Crippen LogP contribution in [-0.4, -0.2) is 24.8 Å². The van der Waals surface area contributed by atoms with Crippen LogP contribution in [0.15, 0.2) is 36.8 Å². The predicted molar refractivity (Wildman–Crippen MR) is 83.4 cm³/mol. The molecule has 6 nitrogen and oxygen atoms in total. The maximum Gasteiger partial charge on any atom is 0.275 e. The highest BCUT2D eigenvalue weighted by molar-refractivity contribution is 5.93. The first kappa shape index (κ1) is 15.2. The number of nitrogens with one attached hydrogen (secondary N) is 1. The highest BCUT2D eigenvalue weighted by Gasteiger charge is 2.26. The molecule has 0 saturated heterocycles. The number of aromatic nitrogens is 4. The molecule has 3 rings (SSSR count). The number of nitrogens with zero attached hydrogens (tertiary/aromatic N) is 4. The van der Waals surface area contributed by atoms with E-state index in [9.17, 15) is 9.18 Å². The van der Waals surface area contributed by atoms with Gasteiger partial charge in [-0.25, -0.2) is 9.97 Å². The van der Waals surface area contributed by atoms with Gasteiger partial charge in [-0.3, -0.25) is 9.20 Å². The van der Waals surface area contributed by atoms with Crippen LogP contribution in [0.1, 0.15) is 36.2 Å². The van der Waals surface area contributed by atoms with Crippen LogP contribution < -0.4 is 5.32 Å². The fourth-order valence-electron chi connectivity index (χ4n) is 2.53. The molecule has 120 valence electrons. The maximum absolute atomic E-state index is 14.4. The summed E-state index contributed by atoms with van der Waals surface area (Å²) in [5, 5.41) is 2.84. The lowest BCUT2D eigenvalue weighted by molar-refractivity contribution is 0.0913. The van der Waals surface area contributed by atoms with Gasteiger partial charge in [0.2, 0.25) is 5.95 Å². The lowest BCUT2D eigenvalue weighted by Gasteiger charge is -2.21. The summed E-state index contributed by atoms with van der Waals surface area (Å²) in [5.74, 6) is -0.397. The molecule has 7 heteroatoms. The van der Waals surface area contributed by atoms with Gasteiger partial charge in [-0.15, -0.1) is 0 Å². The van der Waals surface area contributed by atoms with E-state index in [1.54, 1.807) is 24.4 Å². The normalized spacial score (nSPS) is 12.7. The van der Waals surface area contributed by atoms with E-state index >= 15 is 0 Å². The van der Waals surface area contributed by atoms with Gasteiger partial charge >= 0.3 is 0 Å². The van der Waals surface area contributed by atoms with Gasteiger partial charge in [0.1, 0.15) is 11.5 Å². The average molecular weight is 315 g/mol. The van der Waals surface area contributed by atoms with Crippen molar-refractivity contribution in [2.75, 3.05) is 0 Å². The van der Waals surface area contributed by atoms with E-state index in [1.807, 2.05) is 31.7 Å². The van der Waals surface area contributed by atoms with Gasteiger partial charge in [0, 0.05) is 25.6 Å². The number of fused-ring (bicyclic) bond motifs is 1. The van der Waals surface area contributed by atoms with E-state index < -0.39 is 11.9 Å². The van der Waals surface area contributed by atoms with Crippen LogP contribution in [0.5, 0.6) is 0 Å². The van der Waals surface area contributed by atoms with Crippen molar-refractivity contribution in [3.8, 4) is 0 Å². The highest BCUT2D eigenvalue weighted by atomic mass is 19.1. The van der Waals surface area contributed by atoms with Gasteiger partial charge in [-0.05, 0) is 18.1 Å². The van der Waals surface area contributed by atoms with Crippen LogP contribution >= 0.6 is 0 Å². The molecule has 0 fully saturated rings. The van der Waals surface area contributed by atoms with E-state index in [-0.39, 0.29) is 17.7 Å². The zero-order valence-corrected chi connectivity index (χ0v) is 13.2. The number of carbonyl (C=O) groups is 1. The largest absolute Gasteiger partial charge is 0.340 e. The van der Waals surface area contributed by atoms with Gasteiger partial charge in [0.05, 0.1) is 6.04 Å². The van der Waals surface area contributed by atoms with Crippen LogP contribution in [-0.2, 0) is 7.05 Å². The van der Waals surface area contributed by atoms with Gasteiger partial charge in [0.25, 0.3) is 5.91 Å². The summed E-state index contributed by atoms with van der Waals surface area (Å²) in [7, 11) is 1.86. The molecule has 0 spiro atoms. The van der Waals surface area contributed by atoms with Crippen molar-refractivity contribution < 1.29 is 9.18 Å². The third kappa shape index (κ3) is 2.69. The summed E-state index contributed by atoms with van der Waals surface area (Å²) >= 11 is 0. The van der Waals surface area contributed by atoms with Crippen molar-refractivity contribution >= 4 is 11.6 Å². The van der Waals surface area contributed by atoms with Crippen molar-refractivity contribution in [1.82, 2.24) is 24.3 Å². The summed E-state index contributed by atoms with van der Waals surface area (Å²) in [6, 6.07) is 4.75. The molecular weight excluding hydrogens is 297 g/mol. The fourth-order valence-corrected chi connectivity index (χ4v) is 2.53. The maximum atomic E-state index is 14.4. The Hall–Kier alpha value is -2.70. The van der Waals surface area contributed by atoms with Crippen LogP contribution in [0, 0.1) is 11.9 Å². The highest BCUT2D eigenvalue weighted by Crippen LogP contribution is 2.21. The van der Waals surface area contributed by atoms with Crippen LogP contribution in [0.2, 0.25) is 0 Å². The van der Waals surface area contributed by atoms with Gasteiger partial charge in [-0.2, -0.15) is 4.39 Å². The molecule has 3 heterocycles. The Labute approximate surface area is 133 Å². The summed E-state index contributed by atoms with van der Waals surface area (Å²) in [5.41, 5.74) is 0.185. The first-order chi connectivity index (χ1) is 11.0. The number of aryl methyl sites for hydroxylation is 1. The lowest BCUT2D eigenvalue weighted by atomic mass is 10.0. The van der Waals surface area contributed by atoms with E-state index in [0.29, 0.717) is 5.65 Å². The minimum atomic E-state index is -0.666. The third-order valence-electron chi connectivity index (χ3n) is 3.78. The second-order valence-corrected chi connectivity index (χ2v) is 5.77. The number of carbonyl (C=O) groups excluding carboxylic acids is 1. The Morgan fingerprint density at radius 2 is 2.09 bits per heavy atom. The predicted octanol–water partition coefficient (Wildman–Crippen LogP) is 2.33. The van der Waals surface area contributed by atoms with Crippen molar-refractivity contribution in [1.29, 1.82) is 0 Å². The van der Waals surface area contributed by atoms with Crippen molar-refractivity contribution in [2.45, 2.75) is 19.9 Å². The standard InChI is InChI=1S/C16H18FN5O/c1-10(2)12(15-18-7-9-21(15)3)20-16(23)13-14(17)22-8-5-4-6-11(22)19-13/h4-10,12H,1-3H3,(H,20,23). The Morgan fingerprint density at radius 1 is 1.30 bits per heavy atom. The number of amides is 1. The summed E-state index contributed by atoms with van der Waals surface area (Å²) in [6.45, 7) is 3.94. The minimum absolute atomic E-state index is 0.0974. The first-order valence-corrected chi connectivity index (χ1v) is 7.39. The Morgan fingerprint density at radius 3 is 2.70 bits per heavy atom. The Bertz CT molecular complexity index is 851. The molecule has 1 amide bonds. The molecule has 0 aromatic carbocycles. The molecule has 0 aliphatic rings. The SMILES string of the molecule is CC(C)C(NC(=O)c1nc2ccccn2c1F)c1nccn1C. The molecule has 3 aromatic rings. The monoisotopic (exact) mass is 315 g/mol. The van der Waals surface area contributed by atoms with Crippen molar-refractivity contribution in [3.63, 3.8) is 0 Å². The molecule has 3 aromatic heterocycles. The summed E-state index contributed by atoms with van der Waals surface area (Å²) in [6.07, 6.45) is 5.01. The van der Waals surface area contributed by atoms with Crippen molar-refractivity contribution in [2.24, 2.45) is 13.0 Å². The number of imidazole rings is 2. The minimum Gasteiger partial charge on any atom is -0.340 e. The van der Waals surface area contributed by atoms with E-state index in [1.165, 1.54) is 10.6 Å². The van der Waals surface area contributed by atoms with E-state index in [4.69, 9.17) is 0 Å². The zero-order valence-electron chi connectivity index (χ0n) is 13.2. The van der Waals surface area contributed by atoms with Crippen molar-refractivity contribution in [3.05, 3.63) is 54.3 Å². The van der Waals surface area contributed by atoms with Crippen LogP contribution in [0.25, 0.3) is 5.65 Å². The Balaban J connectivity index is 1.92. The quantitative estimate of drug-likeness (QED) is 0.803. The first-order valence-electron chi connectivity index (χ1n) is 7.39. The average Bonchev–Trinajstić information content (AvgIpc) is 3.09. The van der Waals surface area contributed by atoms with Crippen LogP contribution in [0.4, 0.5) is 4.39 Å². The number of rotatable bonds is 4. The fraction of sp³-hybridized carbons (Fsp3) is 0.312. The molecule has 0 saturated carbocycles. The molecule has 23 heavy (non-hydrogen) atoms. The lowest BCUT2D eigenvalue weighted by Crippen LogP contribution is -2.34. The topological polar surface area (TPSA) is 64.2 Å². The Kier molecular flexibility index (Phi) is 3.85. The second-order valence-electron chi connectivity index (χ2n) is 5.77. The van der Waals surface area contributed by atoms with Gasteiger partial charge in [0.15, 0.2) is 5.69 Å². The van der Waals surface area contributed by atoms with Gasteiger partial charge in [-0.1, -0.05) is 19.9 Å². The summed E-state index contributed by atoms with van der Waals surface area (Å²) in [4.78, 5) is 20.8. The zero-order chi connectivity index (χ0) is 16.6. The molecule has 1 unspecified atom stereocenters. The number of halogens is 1. The number of pyridine rings is 1. The molecule has 0 bridgehead atoms. The molecule has 1 atom stereocenters. The van der Waals surface area contributed by atoms with E-state index in [0.717, 1.165) is 5.82 Å². The van der Waals surface area contributed by atoms with Crippen LogP contribution in [0.3, 0.4) is 0 Å². The summed E-state index contributed by atoms with van der Waals surface area (Å²) < 4.78 is 17.5.